The highest BCUT2D eigenvalue weighted by Crippen LogP contribution is 2.24. The van der Waals surface area contributed by atoms with Crippen molar-refractivity contribution in [3.8, 4) is 5.75 Å². The van der Waals surface area contributed by atoms with Crippen molar-refractivity contribution in [2.75, 3.05) is 20.3 Å². The molecule has 0 fully saturated rings. The summed E-state index contributed by atoms with van der Waals surface area (Å²) in [6.07, 6.45) is 0. The Balaban J connectivity index is 2.75. The van der Waals surface area contributed by atoms with Gasteiger partial charge in [-0.1, -0.05) is 18.2 Å². The Morgan fingerprint density at radius 2 is 1.88 bits per heavy atom. The van der Waals surface area contributed by atoms with Crippen molar-refractivity contribution in [2.45, 2.75) is 19.0 Å². The highest BCUT2D eigenvalue weighted by molar-refractivity contribution is 5.35. The maximum atomic E-state index is 8.99. The highest BCUT2D eigenvalue weighted by atomic mass is 16.5. The summed E-state index contributed by atoms with van der Waals surface area (Å²) in [7, 11) is 1.63. The van der Waals surface area contributed by atoms with Crippen LogP contribution in [0.3, 0.4) is 0 Å². The van der Waals surface area contributed by atoms with Gasteiger partial charge in [0.15, 0.2) is 0 Å². The van der Waals surface area contributed by atoms with Crippen molar-refractivity contribution in [3.63, 3.8) is 0 Å². The minimum atomic E-state index is -0.306. The standard InChI is InChI=1S/C12H19NO3/c1-9(13-10(7-14)8-15)11-5-3-4-6-12(11)16-2/h3-6,9-10,13-15H,7-8H2,1-2H3. The molecule has 0 aliphatic carbocycles. The molecule has 1 unspecified atom stereocenters. The first kappa shape index (κ1) is 13.0. The number of benzene rings is 1. The lowest BCUT2D eigenvalue weighted by Crippen LogP contribution is -2.37. The van der Waals surface area contributed by atoms with Crippen molar-refractivity contribution < 1.29 is 14.9 Å². The zero-order valence-electron chi connectivity index (χ0n) is 9.68. The van der Waals surface area contributed by atoms with E-state index in [9.17, 15) is 0 Å². The Morgan fingerprint density at radius 1 is 1.25 bits per heavy atom. The van der Waals surface area contributed by atoms with Crippen molar-refractivity contribution in [3.05, 3.63) is 29.8 Å². The van der Waals surface area contributed by atoms with E-state index in [1.807, 2.05) is 31.2 Å². The van der Waals surface area contributed by atoms with Crippen LogP contribution in [0.5, 0.6) is 5.75 Å². The summed E-state index contributed by atoms with van der Waals surface area (Å²) in [5.74, 6) is 0.803. The molecule has 0 aliphatic heterocycles. The van der Waals surface area contributed by atoms with E-state index in [1.54, 1.807) is 7.11 Å². The van der Waals surface area contributed by atoms with E-state index < -0.39 is 0 Å². The molecule has 0 saturated carbocycles. The Labute approximate surface area is 95.9 Å². The second-order valence-electron chi connectivity index (χ2n) is 3.69. The third-order valence-corrected chi connectivity index (χ3v) is 2.53. The monoisotopic (exact) mass is 225 g/mol. The summed E-state index contributed by atoms with van der Waals surface area (Å²) < 4.78 is 5.25. The van der Waals surface area contributed by atoms with Gasteiger partial charge in [0, 0.05) is 11.6 Å². The normalized spacial score (nSPS) is 12.8. The van der Waals surface area contributed by atoms with Crippen molar-refractivity contribution >= 4 is 0 Å². The highest BCUT2D eigenvalue weighted by Gasteiger charge is 2.14. The minimum Gasteiger partial charge on any atom is -0.496 e. The van der Waals surface area contributed by atoms with Gasteiger partial charge in [-0.2, -0.15) is 0 Å². The van der Waals surface area contributed by atoms with Gasteiger partial charge in [0.25, 0.3) is 0 Å². The fourth-order valence-corrected chi connectivity index (χ4v) is 1.63. The minimum absolute atomic E-state index is 0.0143. The van der Waals surface area contributed by atoms with Crippen LogP contribution in [0.1, 0.15) is 18.5 Å². The molecular weight excluding hydrogens is 206 g/mol. The number of hydrogen-bond acceptors (Lipinski definition) is 4. The summed E-state index contributed by atoms with van der Waals surface area (Å²) in [6.45, 7) is 1.79. The lowest BCUT2D eigenvalue weighted by atomic mass is 10.1. The number of aliphatic hydroxyl groups is 2. The predicted molar refractivity (Wildman–Crippen MR) is 62.5 cm³/mol. The maximum absolute atomic E-state index is 8.99. The maximum Gasteiger partial charge on any atom is 0.123 e. The molecule has 1 atom stereocenters. The lowest BCUT2D eigenvalue weighted by molar-refractivity contribution is 0.163. The van der Waals surface area contributed by atoms with E-state index in [1.165, 1.54) is 0 Å². The molecule has 0 amide bonds. The quantitative estimate of drug-likeness (QED) is 0.667. The van der Waals surface area contributed by atoms with Gasteiger partial charge in [-0.25, -0.2) is 0 Å². The molecular formula is C12H19NO3. The molecule has 3 N–H and O–H groups in total. The predicted octanol–water partition coefficient (Wildman–Crippen LogP) is 0.699. The van der Waals surface area contributed by atoms with Crippen LogP contribution >= 0.6 is 0 Å². The molecule has 0 aliphatic rings. The Morgan fingerprint density at radius 3 is 2.44 bits per heavy atom. The first-order valence-corrected chi connectivity index (χ1v) is 5.33. The molecule has 0 spiro atoms. The Kier molecular flexibility index (Phi) is 5.25. The molecule has 1 aromatic rings. The van der Waals surface area contributed by atoms with Crippen LogP contribution in [0.25, 0.3) is 0 Å². The van der Waals surface area contributed by atoms with Crippen molar-refractivity contribution in [1.82, 2.24) is 5.32 Å². The summed E-state index contributed by atoms with van der Waals surface area (Å²) in [6, 6.07) is 7.40. The Hall–Kier alpha value is -1.10. The zero-order chi connectivity index (χ0) is 12.0. The first-order valence-electron chi connectivity index (χ1n) is 5.33. The van der Waals surface area contributed by atoms with Crippen LogP contribution in [0.15, 0.2) is 24.3 Å². The van der Waals surface area contributed by atoms with E-state index in [-0.39, 0.29) is 25.3 Å². The molecule has 0 radical (unpaired) electrons. The zero-order valence-corrected chi connectivity index (χ0v) is 9.68. The summed E-state index contributed by atoms with van der Waals surface area (Å²) >= 11 is 0. The molecule has 0 bridgehead atoms. The lowest BCUT2D eigenvalue weighted by Gasteiger charge is -2.21. The SMILES string of the molecule is COc1ccccc1C(C)NC(CO)CO. The van der Waals surface area contributed by atoms with E-state index in [0.717, 1.165) is 11.3 Å². The van der Waals surface area contributed by atoms with Gasteiger partial charge in [0.2, 0.25) is 0 Å². The van der Waals surface area contributed by atoms with Gasteiger partial charge < -0.3 is 20.3 Å². The molecule has 0 aromatic heterocycles. The second kappa shape index (κ2) is 6.48. The summed E-state index contributed by atoms with van der Waals surface area (Å²) in [4.78, 5) is 0. The number of nitrogens with one attached hydrogen (secondary N) is 1. The van der Waals surface area contributed by atoms with Gasteiger partial charge in [0.05, 0.1) is 26.4 Å². The number of para-hydroxylation sites is 1. The molecule has 0 saturated heterocycles. The molecule has 1 aromatic carbocycles. The molecule has 4 nitrogen and oxygen atoms in total. The van der Waals surface area contributed by atoms with Crippen molar-refractivity contribution in [2.24, 2.45) is 0 Å². The molecule has 0 heterocycles. The fourth-order valence-electron chi connectivity index (χ4n) is 1.63. The van der Waals surface area contributed by atoms with Crippen LogP contribution in [0.2, 0.25) is 0 Å². The molecule has 16 heavy (non-hydrogen) atoms. The van der Waals surface area contributed by atoms with Gasteiger partial charge >= 0.3 is 0 Å². The number of rotatable bonds is 6. The fraction of sp³-hybridized carbons (Fsp3) is 0.500. The van der Waals surface area contributed by atoms with E-state index in [4.69, 9.17) is 14.9 Å². The number of methoxy groups -OCH3 is 1. The average Bonchev–Trinajstić information content (AvgIpc) is 2.35. The van der Waals surface area contributed by atoms with E-state index in [2.05, 4.69) is 5.32 Å². The van der Waals surface area contributed by atoms with Gasteiger partial charge in [0.1, 0.15) is 5.75 Å². The van der Waals surface area contributed by atoms with Gasteiger partial charge in [-0.15, -0.1) is 0 Å². The number of aliphatic hydroxyl groups excluding tert-OH is 2. The van der Waals surface area contributed by atoms with Crippen LogP contribution in [-0.4, -0.2) is 36.6 Å². The summed E-state index contributed by atoms with van der Waals surface area (Å²) in [5, 5.41) is 21.1. The third-order valence-electron chi connectivity index (χ3n) is 2.53. The topological polar surface area (TPSA) is 61.7 Å². The van der Waals surface area contributed by atoms with Gasteiger partial charge in [-0.05, 0) is 13.0 Å². The molecule has 1 rings (SSSR count). The smallest absolute Gasteiger partial charge is 0.123 e. The molecule has 4 heteroatoms. The van der Waals surface area contributed by atoms with Crippen LogP contribution in [-0.2, 0) is 0 Å². The molecule has 90 valence electrons. The number of hydrogen-bond donors (Lipinski definition) is 3. The summed E-state index contributed by atoms with van der Waals surface area (Å²) in [5.41, 5.74) is 1.01. The largest absolute Gasteiger partial charge is 0.496 e. The van der Waals surface area contributed by atoms with Crippen LogP contribution < -0.4 is 10.1 Å². The third kappa shape index (κ3) is 3.20. The van der Waals surface area contributed by atoms with E-state index in [0.29, 0.717) is 0 Å². The first-order chi connectivity index (χ1) is 7.72. The van der Waals surface area contributed by atoms with Crippen LogP contribution in [0, 0.1) is 0 Å². The Bertz CT molecular complexity index is 313. The van der Waals surface area contributed by atoms with Gasteiger partial charge in [-0.3, -0.25) is 0 Å². The van der Waals surface area contributed by atoms with Crippen LogP contribution in [0.4, 0.5) is 0 Å². The second-order valence-corrected chi connectivity index (χ2v) is 3.69. The van der Waals surface area contributed by atoms with E-state index >= 15 is 0 Å². The van der Waals surface area contributed by atoms with Crippen molar-refractivity contribution in [1.29, 1.82) is 0 Å². The average molecular weight is 225 g/mol. The number of ether oxygens (including phenoxy) is 1.